The zero-order valence-electron chi connectivity index (χ0n) is 17.7. The maximum Gasteiger partial charge on any atom is 0.161 e. The fourth-order valence-corrected chi connectivity index (χ4v) is 4.95. The van der Waals surface area contributed by atoms with Gasteiger partial charge in [-0.3, -0.25) is 4.90 Å². The van der Waals surface area contributed by atoms with Gasteiger partial charge in [0.05, 0.1) is 32.5 Å². The molecular weight excluding hydrogens is 404 g/mol. The summed E-state index contributed by atoms with van der Waals surface area (Å²) in [4.78, 5) is 4.88. The van der Waals surface area contributed by atoms with Gasteiger partial charge in [-0.2, -0.15) is 0 Å². The standard InChI is InChI=1S/C23H29ClN2O4/c1-28-21-7-4-15(10-23(21)30-3)20-13-18(27)11-17-14-25(8-9-26(17)20)16-5-6-19(24)22(12-16)29-2/h4-7,10,12,17-18,20,27H,8-9,11,13-14H2,1-3H3/t17-,18+,20-/m0/s1. The molecule has 0 saturated carbocycles. The lowest BCUT2D eigenvalue weighted by Gasteiger charge is -2.50. The Labute approximate surface area is 182 Å². The molecule has 0 amide bonds. The van der Waals surface area contributed by atoms with Crippen molar-refractivity contribution in [2.24, 2.45) is 0 Å². The largest absolute Gasteiger partial charge is 0.495 e. The summed E-state index contributed by atoms with van der Waals surface area (Å²) in [6.07, 6.45) is 1.16. The second kappa shape index (κ2) is 8.92. The predicted molar refractivity (Wildman–Crippen MR) is 118 cm³/mol. The molecule has 2 aliphatic heterocycles. The molecule has 3 atom stereocenters. The van der Waals surface area contributed by atoms with Crippen LogP contribution in [0.3, 0.4) is 0 Å². The van der Waals surface area contributed by atoms with Gasteiger partial charge < -0.3 is 24.2 Å². The summed E-state index contributed by atoms with van der Waals surface area (Å²) in [5.74, 6) is 2.12. The van der Waals surface area contributed by atoms with E-state index in [1.807, 2.05) is 30.3 Å². The number of rotatable bonds is 5. The highest BCUT2D eigenvalue weighted by atomic mass is 35.5. The zero-order chi connectivity index (χ0) is 21.3. The predicted octanol–water partition coefficient (Wildman–Crippen LogP) is 3.75. The number of halogens is 1. The molecule has 2 saturated heterocycles. The van der Waals surface area contributed by atoms with E-state index in [0.29, 0.717) is 10.8 Å². The Balaban J connectivity index is 1.56. The third-order valence-electron chi connectivity index (χ3n) is 6.26. The van der Waals surface area contributed by atoms with Crippen molar-refractivity contribution in [3.05, 3.63) is 47.0 Å². The number of nitrogens with zero attached hydrogens (tertiary/aromatic N) is 2. The van der Waals surface area contributed by atoms with Crippen LogP contribution in [0.25, 0.3) is 0 Å². The van der Waals surface area contributed by atoms with Crippen LogP contribution >= 0.6 is 11.6 Å². The van der Waals surface area contributed by atoms with E-state index in [1.54, 1.807) is 21.3 Å². The topological polar surface area (TPSA) is 54.4 Å². The van der Waals surface area contributed by atoms with Gasteiger partial charge >= 0.3 is 0 Å². The van der Waals surface area contributed by atoms with Crippen LogP contribution in [0.5, 0.6) is 17.2 Å². The second-order valence-electron chi connectivity index (χ2n) is 7.91. The quantitative estimate of drug-likeness (QED) is 0.776. The summed E-state index contributed by atoms with van der Waals surface area (Å²) in [5.41, 5.74) is 2.25. The minimum absolute atomic E-state index is 0.153. The lowest BCUT2D eigenvalue weighted by Crippen LogP contribution is -2.58. The van der Waals surface area contributed by atoms with Crippen molar-refractivity contribution in [3.8, 4) is 17.2 Å². The van der Waals surface area contributed by atoms with Crippen molar-refractivity contribution >= 4 is 17.3 Å². The van der Waals surface area contributed by atoms with Crippen molar-refractivity contribution in [3.63, 3.8) is 0 Å². The summed E-state index contributed by atoms with van der Waals surface area (Å²) in [6, 6.07) is 12.4. The molecule has 1 N–H and O–H groups in total. The van der Waals surface area contributed by atoms with E-state index >= 15 is 0 Å². The number of methoxy groups -OCH3 is 3. The third kappa shape index (κ3) is 4.04. The van der Waals surface area contributed by atoms with Gasteiger partial charge in [0.2, 0.25) is 0 Å². The Morgan fingerprint density at radius 3 is 2.40 bits per heavy atom. The minimum atomic E-state index is -0.330. The summed E-state index contributed by atoms with van der Waals surface area (Å²) in [5, 5.41) is 11.3. The number of fused-ring (bicyclic) bond motifs is 1. The number of hydrogen-bond donors (Lipinski definition) is 1. The smallest absolute Gasteiger partial charge is 0.161 e. The summed E-state index contributed by atoms with van der Waals surface area (Å²) in [6.45, 7) is 2.67. The van der Waals surface area contributed by atoms with Crippen LogP contribution in [-0.4, -0.2) is 63.1 Å². The number of ether oxygens (including phenoxy) is 3. The molecule has 0 unspecified atom stereocenters. The van der Waals surface area contributed by atoms with Crippen LogP contribution in [0.1, 0.15) is 24.4 Å². The number of benzene rings is 2. The SMILES string of the molecule is COc1cc(N2CCN3[C@@H](C[C@@H](O)C[C@H]3c3ccc(OC)c(OC)c3)C2)ccc1Cl. The van der Waals surface area contributed by atoms with Crippen molar-refractivity contribution in [2.75, 3.05) is 45.9 Å². The molecule has 7 heteroatoms. The van der Waals surface area contributed by atoms with Gasteiger partial charge in [0.25, 0.3) is 0 Å². The Morgan fingerprint density at radius 1 is 0.900 bits per heavy atom. The maximum atomic E-state index is 10.6. The number of anilines is 1. The molecule has 0 aromatic heterocycles. The van der Waals surface area contributed by atoms with Crippen molar-refractivity contribution < 1.29 is 19.3 Å². The molecule has 2 fully saturated rings. The summed E-state index contributed by atoms with van der Waals surface area (Å²) < 4.78 is 16.3. The Hall–Kier alpha value is -2.15. The van der Waals surface area contributed by atoms with Gasteiger partial charge in [0.15, 0.2) is 11.5 Å². The van der Waals surface area contributed by atoms with E-state index in [2.05, 4.69) is 15.9 Å². The lowest BCUT2D eigenvalue weighted by atomic mass is 9.87. The van der Waals surface area contributed by atoms with Gasteiger partial charge in [-0.05, 0) is 42.7 Å². The Bertz CT molecular complexity index is 894. The first-order valence-corrected chi connectivity index (χ1v) is 10.7. The van der Waals surface area contributed by atoms with E-state index in [0.717, 1.165) is 55.2 Å². The highest BCUT2D eigenvalue weighted by molar-refractivity contribution is 6.32. The fraction of sp³-hybridized carbons (Fsp3) is 0.478. The normalized spacial score (nSPS) is 24.3. The molecule has 4 rings (SSSR count). The molecule has 2 aromatic rings. The van der Waals surface area contributed by atoms with Gasteiger partial charge in [0, 0.05) is 43.5 Å². The number of aliphatic hydroxyl groups is 1. The van der Waals surface area contributed by atoms with E-state index < -0.39 is 0 Å². The number of piperazine rings is 1. The van der Waals surface area contributed by atoms with E-state index in [-0.39, 0.29) is 18.2 Å². The van der Waals surface area contributed by atoms with Gasteiger partial charge in [-0.15, -0.1) is 0 Å². The Morgan fingerprint density at radius 2 is 1.67 bits per heavy atom. The number of aliphatic hydroxyl groups excluding tert-OH is 1. The fourth-order valence-electron chi connectivity index (χ4n) is 4.76. The average Bonchev–Trinajstić information content (AvgIpc) is 2.77. The van der Waals surface area contributed by atoms with E-state index in [1.165, 1.54) is 0 Å². The molecule has 30 heavy (non-hydrogen) atoms. The Kier molecular flexibility index (Phi) is 6.27. The van der Waals surface area contributed by atoms with Crippen LogP contribution < -0.4 is 19.1 Å². The highest BCUT2D eigenvalue weighted by Gasteiger charge is 2.39. The van der Waals surface area contributed by atoms with Gasteiger partial charge in [-0.1, -0.05) is 17.7 Å². The molecule has 0 bridgehead atoms. The minimum Gasteiger partial charge on any atom is -0.495 e. The molecule has 2 aliphatic rings. The molecule has 6 nitrogen and oxygen atoms in total. The lowest BCUT2D eigenvalue weighted by molar-refractivity contribution is -0.00607. The molecule has 2 aromatic carbocycles. The monoisotopic (exact) mass is 432 g/mol. The first kappa shape index (κ1) is 21.1. The number of piperidine rings is 1. The number of hydrogen-bond acceptors (Lipinski definition) is 6. The van der Waals surface area contributed by atoms with Crippen LogP contribution in [0.4, 0.5) is 5.69 Å². The highest BCUT2D eigenvalue weighted by Crippen LogP contribution is 2.40. The van der Waals surface area contributed by atoms with Crippen LogP contribution in [-0.2, 0) is 0 Å². The van der Waals surface area contributed by atoms with Gasteiger partial charge in [0.1, 0.15) is 5.75 Å². The summed E-state index contributed by atoms with van der Waals surface area (Å²) in [7, 11) is 4.93. The van der Waals surface area contributed by atoms with Crippen LogP contribution in [0.15, 0.2) is 36.4 Å². The van der Waals surface area contributed by atoms with Crippen molar-refractivity contribution in [2.45, 2.75) is 31.0 Å². The first-order valence-electron chi connectivity index (χ1n) is 10.3. The molecular formula is C23H29ClN2O4. The molecule has 2 heterocycles. The van der Waals surface area contributed by atoms with Crippen LogP contribution in [0.2, 0.25) is 5.02 Å². The van der Waals surface area contributed by atoms with Crippen molar-refractivity contribution in [1.82, 2.24) is 4.90 Å². The third-order valence-corrected chi connectivity index (χ3v) is 6.57. The summed E-state index contributed by atoms with van der Waals surface area (Å²) >= 11 is 6.19. The molecule has 0 radical (unpaired) electrons. The van der Waals surface area contributed by atoms with Crippen molar-refractivity contribution in [1.29, 1.82) is 0 Å². The average molecular weight is 433 g/mol. The van der Waals surface area contributed by atoms with Crippen LogP contribution in [0, 0.1) is 0 Å². The second-order valence-corrected chi connectivity index (χ2v) is 8.32. The van der Waals surface area contributed by atoms with E-state index in [9.17, 15) is 5.11 Å². The first-order chi connectivity index (χ1) is 14.5. The maximum absolute atomic E-state index is 10.6. The van der Waals surface area contributed by atoms with E-state index in [4.69, 9.17) is 25.8 Å². The molecule has 0 aliphatic carbocycles. The molecule has 162 valence electrons. The molecule has 0 spiro atoms. The zero-order valence-corrected chi connectivity index (χ0v) is 18.4. The van der Waals surface area contributed by atoms with Gasteiger partial charge in [-0.25, -0.2) is 0 Å².